The van der Waals surface area contributed by atoms with Crippen LogP contribution in [-0.2, 0) is 11.2 Å². The number of carbonyl (C=O) groups excluding carboxylic acids is 1. The number of hydrogen-bond donors (Lipinski definition) is 0. The monoisotopic (exact) mass is 401 g/mol. The van der Waals surface area contributed by atoms with Gasteiger partial charge in [-0.15, -0.1) is 11.3 Å². The molecule has 1 unspecified atom stereocenters. The number of aryl methyl sites for hydroxylation is 1. The number of aromatic nitrogens is 1. The van der Waals surface area contributed by atoms with E-state index in [4.69, 9.17) is 4.74 Å². The summed E-state index contributed by atoms with van der Waals surface area (Å²) in [6, 6.07) is 10.5. The van der Waals surface area contributed by atoms with Crippen molar-refractivity contribution in [1.29, 1.82) is 0 Å². The standard InChI is InChI=1S/C18H15N3O6S/c1-11(6-7-17-19-15-4-2-3-5-16(15)28-17)27-18(22)12-8-13(20(23)24)10-14(9-12)21(25)26/h2-5,8-11H,6-7H2,1H3. The van der Waals surface area contributed by atoms with E-state index in [1.807, 2.05) is 24.3 Å². The van der Waals surface area contributed by atoms with Crippen LogP contribution < -0.4 is 0 Å². The van der Waals surface area contributed by atoms with Crippen LogP contribution in [0.25, 0.3) is 10.2 Å². The molecule has 0 bridgehead atoms. The molecule has 0 N–H and O–H groups in total. The predicted octanol–water partition coefficient (Wildman–Crippen LogP) is 4.29. The zero-order chi connectivity index (χ0) is 20.3. The van der Waals surface area contributed by atoms with Crippen LogP contribution >= 0.6 is 11.3 Å². The molecular formula is C18H15N3O6S. The van der Waals surface area contributed by atoms with Crippen molar-refractivity contribution in [1.82, 2.24) is 4.98 Å². The molecule has 3 rings (SSSR count). The maximum atomic E-state index is 12.3. The normalized spacial score (nSPS) is 11.9. The third kappa shape index (κ3) is 4.46. The lowest BCUT2D eigenvalue weighted by atomic mass is 10.1. The molecular weight excluding hydrogens is 386 g/mol. The minimum Gasteiger partial charge on any atom is -0.459 e. The van der Waals surface area contributed by atoms with Crippen LogP contribution in [0, 0.1) is 20.2 Å². The van der Waals surface area contributed by atoms with Gasteiger partial charge in [0.2, 0.25) is 0 Å². The minimum atomic E-state index is -0.844. The van der Waals surface area contributed by atoms with E-state index < -0.39 is 33.3 Å². The molecule has 1 heterocycles. The maximum absolute atomic E-state index is 12.3. The van der Waals surface area contributed by atoms with Crippen LogP contribution in [0.3, 0.4) is 0 Å². The van der Waals surface area contributed by atoms with Gasteiger partial charge in [-0.25, -0.2) is 9.78 Å². The number of hydrogen-bond acceptors (Lipinski definition) is 8. The highest BCUT2D eigenvalue weighted by atomic mass is 32.1. The van der Waals surface area contributed by atoms with Crippen LogP contribution in [0.5, 0.6) is 0 Å². The van der Waals surface area contributed by atoms with Crippen molar-refractivity contribution < 1.29 is 19.4 Å². The van der Waals surface area contributed by atoms with Gasteiger partial charge in [-0.1, -0.05) is 12.1 Å². The summed E-state index contributed by atoms with van der Waals surface area (Å²) >= 11 is 1.56. The number of para-hydroxylation sites is 1. The van der Waals surface area contributed by atoms with Crippen LogP contribution in [-0.4, -0.2) is 26.9 Å². The summed E-state index contributed by atoms with van der Waals surface area (Å²) in [6.45, 7) is 1.69. The Kier molecular flexibility index (Phi) is 5.59. The number of nitrogens with zero attached hydrogens (tertiary/aromatic N) is 3. The Balaban J connectivity index is 1.66. The first-order valence-corrected chi connectivity index (χ1v) is 9.14. The fourth-order valence-corrected chi connectivity index (χ4v) is 3.57. The summed E-state index contributed by atoms with van der Waals surface area (Å²) in [5.41, 5.74) is -0.393. The van der Waals surface area contributed by atoms with Crippen LogP contribution in [0.1, 0.15) is 28.7 Å². The SMILES string of the molecule is CC(CCc1nc2ccccc2s1)OC(=O)c1cc([N+](=O)[O-])cc([N+](=O)[O-])c1. The second-order valence-corrected chi connectivity index (χ2v) is 7.20. The Hall–Kier alpha value is -3.40. The molecule has 0 saturated heterocycles. The zero-order valence-corrected chi connectivity index (χ0v) is 15.5. The highest BCUT2D eigenvalue weighted by Gasteiger charge is 2.22. The summed E-state index contributed by atoms with van der Waals surface area (Å²) in [5, 5.41) is 22.8. The molecule has 10 heteroatoms. The summed E-state index contributed by atoms with van der Waals surface area (Å²) in [7, 11) is 0. The highest BCUT2D eigenvalue weighted by Crippen LogP contribution is 2.25. The lowest BCUT2D eigenvalue weighted by Gasteiger charge is -2.12. The van der Waals surface area contributed by atoms with Crippen molar-refractivity contribution >= 4 is 38.9 Å². The molecule has 28 heavy (non-hydrogen) atoms. The average Bonchev–Trinajstić information content (AvgIpc) is 3.09. The number of benzene rings is 2. The van der Waals surface area contributed by atoms with Crippen molar-refractivity contribution in [3.63, 3.8) is 0 Å². The van der Waals surface area contributed by atoms with E-state index in [1.165, 1.54) is 0 Å². The Morgan fingerprint density at radius 2 is 1.79 bits per heavy atom. The predicted molar refractivity (Wildman–Crippen MR) is 103 cm³/mol. The van der Waals surface area contributed by atoms with E-state index in [2.05, 4.69) is 4.98 Å². The summed E-state index contributed by atoms with van der Waals surface area (Å²) in [4.78, 5) is 37.1. The van der Waals surface area contributed by atoms with Gasteiger partial charge in [0, 0.05) is 18.6 Å². The van der Waals surface area contributed by atoms with E-state index in [9.17, 15) is 25.0 Å². The third-order valence-corrected chi connectivity index (χ3v) is 5.07. The number of carbonyl (C=O) groups is 1. The van der Waals surface area contributed by atoms with E-state index >= 15 is 0 Å². The van der Waals surface area contributed by atoms with Crippen molar-refractivity contribution in [2.45, 2.75) is 25.9 Å². The van der Waals surface area contributed by atoms with Gasteiger partial charge in [-0.2, -0.15) is 0 Å². The Labute approximate surface area is 162 Å². The number of nitro groups is 2. The van der Waals surface area contributed by atoms with Crippen molar-refractivity contribution in [3.8, 4) is 0 Å². The molecule has 1 atom stereocenters. The van der Waals surface area contributed by atoms with Gasteiger partial charge in [-0.3, -0.25) is 20.2 Å². The molecule has 0 aliphatic heterocycles. The number of ether oxygens (including phenoxy) is 1. The second-order valence-electron chi connectivity index (χ2n) is 6.08. The van der Waals surface area contributed by atoms with E-state index in [-0.39, 0.29) is 5.56 Å². The van der Waals surface area contributed by atoms with Gasteiger partial charge in [0.05, 0.1) is 42.8 Å². The van der Waals surface area contributed by atoms with Gasteiger partial charge in [0.1, 0.15) is 0 Å². The lowest BCUT2D eigenvalue weighted by Crippen LogP contribution is -2.16. The third-order valence-electron chi connectivity index (χ3n) is 3.97. The molecule has 0 spiro atoms. The molecule has 0 aliphatic carbocycles. The Morgan fingerprint density at radius 3 is 2.39 bits per heavy atom. The van der Waals surface area contributed by atoms with Crippen LogP contribution in [0.2, 0.25) is 0 Å². The van der Waals surface area contributed by atoms with Crippen LogP contribution in [0.4, 0.5) is 11.4 Å². The smallest absolute Gasteiger partial charge is 0.338 e. The van der Waals surface area contributed by atoms with Gasteiger partial charge in [0.25, 0.3) is 11.4 Å². The molecule has 0 aliphatic rings. The molecule has 1 aromatic heterocycles. The molecule has 0 amide bonds. The molecule has 9 nitrogen and oxygen atoms in total. The quantitative estimate of drug-likeness (QED) is 0.328. The number of rotatable bonds is 7. The molecule has 3 aromatic rings. The van der Waals surface area contributed by atoms with Crippen LogP contribution in [0.15, 0.2) is 42.5 Å². The van der Waals surface area contributed by atoms with Crippen molar-refractivity contribution in [2.24, 2.45) is 0 Å². The molecule has 0 radical (unpaired) electrons. The molecule has 0 fully saturated rings. The van der Waals surface area contributed by atoms with E-state index in [0.717, 1.165) is 33.4 Å². The zero-order valence-electron chi connectivity index (χ0n) is 14.7. The number of non-ortho nitro benzene ring substituents is 2. The van der Waals surface area contributed by atoms with Gasteiger partial charge >= 0.3 is 5.97 Å². The Morgan fingerprint density at radius 1 is 1.14 bits per heavy atom. The minimum absolute atomic E-state index is 0.229. The van der Waals surface area contributed by atoms with Crippen molar-refractivity contribution in [3.05, 3.63) is 73.3 Å². The first-order valence-electron chi connectivity index (χ1n) is 8.33. The first kappa shape index (κ1) is 19.4. The maximum Gasteiger partial charge on any atom is 0.338 e. The average molecular weight is 401 g/mol. The first-order chi connectivity index (χ1) is 13.3. The highest BCUT2D eigenvalue weighted by molar-refractivity contribution is 7.18. The number of thiazole rings is 1. The summed E-state index contributed by atoms with van der Waals surface area (Å²) < 4.78 is 6.37. The number of fused-ring (bicyclic) bond motifs is 1. The van der Waals surface area contributed by atoms with E-state index in [1.54, 1.807) is 18.3 Å². The van der Waals surface area contributed by atoms with Crippen molar-refractivity contribution in [2.75, 3.05) is 0 Å². The molecule has 144 valence electrons. The largest absolute Gasteiger partial charge is 0.459 e. The molecule has 0 saturated carbocycles. The topological polar surface area (TPSA) is 125 Å². The number of esters is 1. The number of nitro benzene ring substituents is 2. The van der Waals surface area contributed by atoms with Gasteiger partial charge in [-0.05, 0) is 25.5 Å². The summed E-state index contributed by atoms with van der Waals surface area (Å²) in [6.07, 6.45) is 0.615. The lowest BCUT2D eigenvalue weighted by molar-refractivity contribution is -0.394. The fraction of sp³-hybridized carbons (Fsp3) is 0.222. The second kappa shape index (κ2) is 8.09. The molecule has 2 aromatic carbocycles. The summed E-state index contributed by atoms with van der Waals surface area (Å²) in [5.74, 6) is -0.844. The Bertz CT molecular complexity index is 999. The fourth-order valence-electron chi connectivity index (χ4n) is 2.59. The van der Waals surface area contributed by atoms with Gasteiger partial charge < -0.3 is 4.74 Å². The van der Waals surface area contributed by atoms with E-state index in [0.29, 0.717) is 12.8 Å². The van der Waals surface area contributed by atoms with Gasteiger partial charge in [0.15, 0.2) is 0 Å².